The lowest BCUT2D eigenvalue weighted by atomic mass is 10.1. The number of carbonyl (C=O) groups is 1. The Balaban J connectivity index is 2.08. The average molecular weight is 381 g/mol. The van der Waals surface area contributed by atoms with Crippen LogP contribution in [0.2, 0.25) is 5.02 Å². The second-order valence-corrected chi connectivity index (χ2v) is 8.36. The van der Waals surface area contributed by atoms with Gasteiger partial charge in [-0.3, -0.25) is 4.79 Å². The van der Waals surface area contributed by atoms with E-state index in [1.165, 1.54) is 16.4 Å². The molecular formula is C18H21ClN2O3S. The predicted octanol–water partition coefficient (Wildman–Crippen LogP) is 3.55. The topological polar surface area (TPSA) is 66.5 Å². The van der Waals surface area contributed by atoms with E-state index in [4.69, 9.17) is 11.6 Å². The van der Waals surface area contributed by atoms with Crippen molar-refractivity contribution in [3.8, 4) is 0 Å². The summed E-state index contributed by atoms with van der Waals surface area (Å²) in [5.74, 6) is -0.219. The predicted molar refractivity (Wildman–Crippen MR) is 100 cm³/mol. The van der Waals surface area contributed by atoms with Gasteiger partial charge in [0.15, 0.2) is 0 Å². The molecule has 7 heteroatoms. The first-order valence-electron chi connectivity index (χ1n) is 7.83. The Bertz CT molecular complexity index is 849. The van der Waals surface area contributed by atoms with Crippen molar-refractivity contribution in [2.75, 3.05) is 12.4 Å². The molecule has 0 spiro atoms. The van der Waals surface area contributed by atoms with E-state index in [1.807, 2.05) is 6.07 Å². The Hall–Kier alpha value is -1.89. The van der Waals surface area contributed by atoms with Gasteiger partial charge in [-0.25, -0.2) is 8.42 Å². The Morgan fingerprint density at radius 1 is 1.12 bits per heavy atom. The molecule has 0 unspecified atom stereocenters. The molecule has 2 rings (SSSR count). The summed E-state index contributed by atoms with van der Waals surface area (Å²) < 4.78 is 26.1. The highest BCUT2D eigenvalue weighted by molar-refractivity contribution is 7.89. The van der Waals surface area contributed by atoms with Crippen LogP contribution in [0.4, 0.5) is 5.69 Å². The molecule has 134 valence electrons. The van der Waals surface area contributed by atoms with Gasteiger partial charge in [-0.1, -0.05) is 29.8 Å². The maximum atomic E-state index is 12.4. The molecule has 0 heterocycles. The molecular weight excluding hydrogens is 360 g/mol. The molecule has 0 fully saturated rings. The molecule has 0 aromatic heterocycles. The molecule has 0 radical (unpaired) electrons. The molecule has 0 saturated carbocycles. The van der Waals surface area contributed by atoms with Crippen LogP contribution in [0, 0.1) is 0 Å². The van der Waals surface area contributed by atoms with E-state index >= 15 is 0 Å². The van der Waals surface area contributed by atoms with E-state index in [0.717, 1.165) is 5.56 Å². The van der Waals surface area contributed by atoms with Crippen LogP contribution < -0.4 is 5.32 Å². The summed E-state index contributed by atoms with van der Waals surface area (Å²) in [6.45, 7) is 3.61. The number of anilines is 1. The number of benzene rings is 2. The van der Waals surface area contributed by atoms with Crippen LogP contribution in [0.5, 0.6) is 0 Å². The number of amides is 1. The van der Waals surface area contributed by atoms with Gasteiger partial charge in [-0.05, 0) is 49.7 Å². The molecule has 5 nitrogen and oxygen atoms in total. The van der Waals surface area contributed by atoms with E-state index in [9.17, 15) is 13.2 Å². The lowest BCUT2D eigenvalue weighted by Gasteiger charge is -2.21. The van der Waals surface area contributed by atoms with Crippen LogP contribution in [-0.4, -0.2) is 31.7 Å². The Kier molecular flexibility index (Phi) is 6.21. The summed E-state index contributed by atoms with van der Waals surface area (Å²) >= 11 is 6.05. The van der Waals surface area contributed by atoms with Crippen LogP contribution >= 0.6 is 11.6 Å². The van der Waals surface area contributed by atoms with Crippen molar-refractivity contribution in [3.63, 3.8) is 0 Å². The molecule has 1 N–H and O–H groups in total. The summed E-state index contributed by atoms with van der Waals surface area (Å²) in [7, 11) is -1.99. The number of hydrogen-bond acceptors (Lipinski definition) is 3. The average Bonchev–Trinajstić information content (AvgIpc) is 2.56. The minimum absolute atomic E-state index is 0.139. The molecule has 2 aromatic rings. The van der Waals surface area contributed by atoms with Gasteiger partial charge in [0.05, 0.1) is 11.3 Å². The number of sulfonamides is 1. The van der Waals surface area contributed by atoms with Crippen molar-refractivity contribution in [1.29, 1.82) is 0 Å². The van der Waals surface area contributed by atoms with Crippen molar-refractivity contribution in [3.05, 3.63) is 59.1 Å². The molecule has 0 aliphatic heterocycles. The number of rotatable bonds is 6. The smallest absolute Gasteiger partial charge is 0.243 e. The van der Waals surface area contributed by atoms with Crippen molar-refractivity contribution in [1.82, 2.24) is 4.31 Å². The number of nitrogens with zero attached hydrogens (tertiary/aromatic N) is 1. The van der Waals surface area contributed by atoms with Crippen LogP contribution in [0.3, 0.4) is 0 Å². The van der Waals surface area contributed by atoms with Gasteiger partial charge in [0.1, 0.15) is 0 Å². The highest BCUT2D eigenvalue weighted by atomic mass is 35.5. The van der Waals surface area contributed by atoms with Gasteiger partial charge < -0.3 is 5.32 Å². The number of halogens is 1. The maximum Gasteiger partial charge on any atom is 0.243 e. The third kappa shape index (κ3) is 4.81. The second kappa shape index (κ2) is 7.99. The first kappa shape index (κ1) is 19.4. The van der Waals surface area contributed by atoms with E-state index in [1.54, 1.807) is 51.2 Å². The largest absolute Gasteiger partial charge is 0.326 e. The van der Waals surface area contributed by atoms with Crippen LogP contribution in [0.25, 0.3) is 0 Å². The Morgan fingerprint density at radius 2 is 1.72 bits per heavy atom. The summed E-state index contributed by atoms with van der Waals surface area (Å²) in [4.78, 5) is 12.3. The van der Waals surface area contributed by atoms with Crippen molar-refractivity contribution in [2.24, 2.45) is 0 Å². The standard InChI is InChI=1S/C18H21ClN2O3S/c1-13(2)21(3)25(23,24)16-10-8-15(9-11-16)20-18(22)12-14-6-4-5-7-17(14)19/h4-11,13H,12H2,1-3H3,(H,20,22). The Morgan fingerprint density at radius 3 is 2.28 bits per heavy atom. The van der Waals surface area contributed by atoms with Gasteiger partial charge in [0, 0.05) is 23.8 Å². The zero-order chi connectivity index (χ0) is 18.6. The quantitative estimate of drug-likeness (QED) is 0.833. The monoisotopic (exact) mass is 380 g/mol. The van der Waals surface area contributed by atoms with Gasteiger partial charge in [-0.15, -0.1) is 0 Å². The molecule has 2 aromatic carbocycles. The first-order valence-corrected chi connectivity index (χ1v) is 9.65. The van der Waals surface area contributed by atoms with Crippen LogP contribution in [0.1, 0.15) is 19.4 Å². The maximum absolute atomic E-state index is 12.4. The zero-order valence-corrected chi connectivity index (χ0v) is 15.9. The van der Waals surface area contributed by atoms with Gasteiger partial charge in [-0.2, -0.15) is 4.31 Å². The summed E-state index contributed by atoms with van der Waals surface area (Å²) in [5.41, 5.74) is 1.27. The summed E-state index contributed by atoms with van der Waals surface area (Å²) in [5, 5.41) is 3.28. The summed E-state index contributed by atoms with van der Waals surface area (Å²) in [6.07, 6.45) is 0.149. The number of hydrogen-bond donors (Lipinski definition) is 1. The fraction of sp³-hybridized carbons (Fsp3) is 0.278. The van der Waals surface area contributed by atoms with E-state index in [2.05, 4.69) is 5.32 Å². The summed E-state index contributed by atoms with van der Waals surface area (Å²) in [6, 6.07) is 13.1. The van der Waals surface area contributed by atoms with Gasteiger partial charge >= 0.3 is 0 Å². The van der Waals surface area contributed by atoms with E-state index in [-0.39, 0.29) is 23.3 Å². The lowest BCUT2D eigenvalue weighted by molar-refractivity contribution is -0.115. The second-order valence-electron chi connectivity index (χ2n) is 5.96. The first-order chi connectivity index (χ1) is 11.7. The fourth-order valence-corrected chi connectivity index (χ4v) is 3.74. The molecule has 25 heavy (non-hydrogen) atoms. The Labute approximate surface area is 153 Å². The van der Waals surface area contributed by atoms with Gasteiger partial charge in [0.25, 0.3) is 0 Å². The molecule has 0 bridgehead atoms. The fourth-order valence-electron chi connectivity index (χ4n) is 2.17. The molecule has 0 aliphatic rings. The molecule has 0 saturated heterocycles. The minimum atomic E-state index is -3.53. The highest BCUT2D eigenvalue weighted by Crippen LogP contribution is 2.20. The van der Waals surface area contributed by atoms with Crippen molar-refractivity contribution < 1.29 is 13.2 Å². The highest BCUT2D eigenvalue weighted by Gasteiger charge is 2.22. The normalized spacial score (nSPS) is 11.8. The SMILES string of the molecule is CC(C)N(C)S(=O)(=O)c1ccc(NC(=O)Cc2ccccc2Cl)cc1. The third-order valence-corrected chi connectivity index (χ3v) is 6.27. The van der Waals surface area contributed by atoms with Crippen molar-refractivity contribution in [2.45, 2.75) is 31.2 Å². The molecule has 0 aliphatic carbocycles. The van der Waals surface area contributed by atoms with Crippen molar-refractivity contribution >= 4 is 33.2 Å². The molecule has 1 amide bonds. The van der Waals surface area contributed by atoms with E-state index < -0.39 is 10.0 Å². The van der Waals surface area contributed by atoms with E-state index in [0.29, 0.717) is 10.7 Å². The van der Waals surface area contributed by atoms with Crippen LogP contribution in [-0.2, 0) is 21.2 Å². The van der Waals surface area contributed by atoms with Gasteiger partial charge in [0.2, 0.25) is 15.9 Å². The lowest BCUT2D eigenvalue weighted by Crippen LogP contribution is -2.33. The zero-order valence-electron chi connectivity index (χ0n) is 14.4. The minimum Gasteiger partial charge on any atom is -0.326 e. The van der Waals surface area contributed by atoms with Crippen LogP contribution in [0.15, 0.2) is 53.4 Å². The molecule has 0 atom stereocenters. The third-order valence-electron chi connectivity index (χ3n) is 3.85. The number of carbonyl (C=O) groups excluding carboxylic acids is 1. The number of nitrogens with one attached hydrogen (secondary N) is 1.